The van der Waals surface area contributed by atoms with Gasteiger partial charge in [-0.25, -0.2) is 4.99 Å². The van der Waals surface area contributed by atoms with Gasteiger partial charge in [-0.05, 0) is 43.5 Å². The molecule has 1 aromatic heterocycles. The van der Waals surface area contributed by atoms with Crippen LogP contribution in [0.2, 0.25) is 0 Å². The van der Waals surface area contributed by atoms with E-state index in [9.17, 15) is 9.59 Å². The quantitative estimate of drug-likeness (QED) is 0.924. The number of nitrogens with one attached hydrogen (secondary N) is 1. The second kappa shape index (κ2) is 6.20. The Hall–Kier alpha value is -2.69. The minimum Gasteiger partial charge on any atom is -0.459 e. The first-order chi connectivity index (χ1) is 11.1. The zero-order valence-corrected chi connectivity index (χ0v) is 13.1. The summed E-state index contributed by atoms with van der Waals surface area (Å²) in [4.78, 5) is 28.2. The monoisotopic (exact) mass is 310 g/mol. The molecule has 0 bridgehead atoms. The normalized spacial score (nSPS) is 16.3. The summed E-state index contributed by atoms with van der Waals surface area (Å²) in [5, 5.41) is 4.55. The first kappa shape index (κ1) is 15.2. The van der Waals surface area contributed by atoms with Crippen LogP contribution in [0.1, 0.15) is 28.1 Å². The Kier molecular flexibility index (Phi) is 4.10. The highest BCUT2D eigenvalue weighted by molar-refractivity contribution is 5.91. The van der Waals surface area contributed by atoms with Gasteiger partial charge >= 0.3 is 0 Å². The minimum absolute atomic E-state index is 0.154. The predicted molar refractivity (Wildman–Crippen MR) is 85.3 cm³/mol. The van der Waals surface area contributed by atoms with Gasteiger partial charge in [0.25, 0.3) is 11.8 Å². The maximum atomic E-state index is 12.2. The molecule has 2 aromatic rings. The third kappa shape index (κ3) is 3.08. The maximum absolute atomic E-state index is 12.2. The van der Waals surface area contributed by atoms with Gasteiger partial charge in [0, 0.05) is 11.8 Å². The van der Waals surface area contributed by atoms with Gasteiger partial charge < -0.3 is 9.73 Å². The van der Waals surface area contributed by atoms with Crippen molar-refractivity contribution in [3.8, 4) is 0 Å². The average Bonchev–Trinajstić information content (AvgIpc) is 3.06. The van der Waals surface area contributed by atoms with Crippen molar-refractivity contribution >= 4 is 17.9 Å². The molecule has 0 saturated carbocycles. The highest BCUT2D eigenvalue weighted by atomic mass is 16.3. The van der Waals surface area contributed by atoms with Gasteiger partial charge in [0.05, 0.1) is 17.5 Å². The Balaban J connectivity index is 1.72. The third-order valence-electron chi connectivity index (χ3n) is 4.03. The first-order valence-corrected chi connectivity index (χ1v) is 7.58. The molecular formula is C18H18N2O3. The van der Waals surface area contributed by atoms with Crippen LogP contribution in [-0.2, 0) is 4.79 Å². The second-order valence-electron chi connectivity index (χ2n) is 5.71. The number of furan rings is 1. The van der Waals surface area contributed by atoms with Gasteiger partial charge in [0.15, 0.2) is 5.76 Å². The van der Waals surface area contributed by atoms with Crippen molar-refractivity contribution in [1.29, 1.82) is 0 Å². The summed E-state index contributed by atoms with van der Waals surface area (Å²) in [6.07, 6.45) is 3.93. The van der Waals surface area contributed by atoms with Crippen LogP contribution in [-0.4, -0.2) is 18.4 Å². The first-order valence-electron chi connectivity index (χ1n) is 7.58. The lowest BCUT2D eigenvalue weighted by Gasteiger charge is -2.14. The fourth-order valence-electron chi connectivity index (χ4n) is 2.69. The van der Waals surface area contributed by atoms with Crippen LogP contribution in [0.15, 0.2) is 39.9 Å². The van der Waals surface area contributed by atoms with Gasteiger partial charge in [-0.1, -0.05) is 18.2 Å². The van der Waals surface area contributed by atoms with E-state index in [0.29, 0.717) is 13.0 Å². The number of fused-ring (bicyclic) bond motifs is 1. The van der Waals surface area contributed by atoms with Crippen molar-refractivity contribution in [2.45, 2.75) is 20.3 Å². The average molecular weight is 310 g/mol. The summed E-state index contributed by atoms with van der Waals surface area (Å²) in [5.41, 5.74) is 2.10. The summed E-state index contributed by atoms with van der Waals surface area (Å²) in [7, 11) is 0. The molecule has 1 unspecified atom stereocenters. The molecular weight excluding hydrogens is 292 g/mol. The number of hydrogen-bond donors (Lipinski definition) is 1. The summed E-state index contributed by atoms with van der Waals surface area (Å²) in [6.45, 7) is 4.35. The number of amides is 2. The van der Waals surface area contributed by atoms with Crippen LogP contribution in [0.25, 0.3) is 6.08 Å². The largest absolute Gasteiger partial charge is 0.459 e. The summed E-state index contributed by atoms with van der Waals surface area (Å²) in [6, 6.07) is 7.27. The van der Waals surface area contributed by atoms with Crippen molar-refractivity contribution in [2.24, 2.45) is 10.9 Å². The van der Waals surface area contributed by atoms with E-state index in [0.717, 1.165) is 21.7 Å². The van der Waals surface area contributed by atoms with Crippen molar-refractivity contribution in [3.05, 3.63) is 58.0 Å². The Morgan fingerprint density at radius 1 is 1.26 bits per heavy atom. The molecule has 0 saturated heterocycles. The van der Waals surface area contributed by atoms with E-state index in [-0.39, 0.29) is 23.5 Å². The van der Waals surface area contributed by atoms with E-state index in [4.69, 9.17) is 4.42 Å². The van der Waals surface area contributed by atoms with Crippen LogP contribution >= 0.6 is 0 Å². The summed E-state index contributed by atoms with van der Waals surface area (Å²) >= 11 is 0. The maximum Gasteiger partial charge on any atom is 0.286 e. The van der Waals surface area contributed by atoms with E-state index in [1.165, 1.54) is 6.26 Å². The Bertz CT molecular complexity index is 866. The van der Waals surface area contributed by atoms with E-state index >= 15 is 0 Å². The second-order valence-corrected chi connectivity index (χ2v) is 5.71. The number of aryl methyl sites for hydroxylation is 2. The molecule has 118 valence electrons. The molecule has 0 spiro atoms. The van der Waals surface area contributed by atoms with Crippen molar-refractivity contribution < 1.29 is 14.0 Å². The molecule has 5 nitrogen and oxygen atoms in total. The molecule has 1 aliphatic rings. The lowest BCUT2D eigenvalue weighted by atomic mass is 9.97. The minimum atomic E-state index is -0.306. The zero-order valence-electron chi connectivity index (χ0n) is 13.1. The standard InChI is InChI=1S/C18H18N2O3/c1-11-5-6-12(2)16-14(11)10-13(17(21)20-16)7-8-19-18(22)15-4-3-9-23-15/h3-6,9-10,13H,7-8H2,1-2H3,(H,19,22). The summed E-state index contributed by atoms with van der Waals surface area (Å²) in [5.74, 6) is -0.466. The van der Waals surface area contributed by atoms with E-state index in [1.807, 2.05) is 32.1 Å². The number of nitrogens with zero attached hydrogens (tertiary/aromatic N) is 1. The molecule has 0 radical (unpaired) electrons. The van der Waals surface area contributed by atoms with E-state index < -0.39 is 0 Å². The lowest BCUT2D eigenvalue weighted by Crippen LogP contribution is -2.38. The molecule has 0 fully saturated rings. The molecule has 1 aromatic carbocycles. The topological polar surface area (TPSA) is 71.7 Å². The van der Waals surface area contributed by atoms with Crippen LogP contribution in [0.4, 0.5) is 0 Å². The van der Waals surface area contributed by atoms with Gasteiger partial charge in [0.1, 0.15) is 0 Å². The number of carbonyl (C=O) groups excluding carboxylic acids is 2. The Labute approximate surface area is 133 Å². The van der Waals surface area contributed by atoms with Gasteiger partial charge in [-0.2, -0.15) is 0 Å². The zero-order chi connectivity index (χ0) is 16.4. The van der Waals surface area contributed by atoms with Crippen molar-refractivity contribution in [1.82, 2.24) is 5.32 Å². The fraction of sp³-hybridized carbons (Fsp3) is 0.278. The van der Waals surface area contributed by atoms with Crippen molar-refractivity contribution in [3.63, 3.8) is 0 Å². The number of carbonyl (C=O) groups is 2. The van der Waals surface area contributed by atoms with Crippen molar-refractivity contribution in [2.75, 3.05) is 6.54 Å². The molecule has 1 N–H and O–H groups in total. The molecule has 3 rings (SSSR count). The smallest absolute Gasteiger partial charge is 0.286 e. The number of rotatable bonds is 4. The number of hydrogen-bond acceptors (Lipinski definition) is 3. The van der Waals surface area contributed by atoms with Gasteiger partial charge in [-0.15, -0.1) is 0 Å². The lowest BCUT2D eigenvalue weighted by molar-refractivity contribution is -0.120. The number of benzene rings is 1. The highest BCUT2D eigenvalue weighted by Crippen LogP contribution is 2.10. The van der Waals surface area contributed by atoms with Crippen LogP contribution < -0.4 is 15.9 Å². The predicted octanol–water partition coefficient (Wildman–Crippen LogP) is 1.27. The molecule has 2 heterocycles. The van der Waals surface area contributed by atoms with Crippen LogP contribution in [0.5, 0.6) is 0 Å². The molecule has 2 amide bonds. The fourth-order valence-corrected chi connectivity index (χ4v) is 2.69. The molecule has 1 atom stereocenters. The molecule has 0 aliphatic carbocycles. The Morgan fingerprint density at radius 2 is 2.04 bits per heavy atom. The SMILES string of the molecule is Cc1ccc(C)c2c1=CC(CCNC(=O)c1ccco1)C(=O)N=2. The highest BCUT2D eigenvalue weighted by Gasteiger charge is 2.20. The molecule has 5 heteroatoms. The van der Waals surface area contributed by atoms with Crippen LogP contribution in [0.3, 0.4) is 0 Å². The Morgan fingerprint density at radius 3 is 2.78 bits per heavy atom. The van der Waals surface area contributed by atoms with E-state index in [2.05, 4.69) is 10.3 Å². The molecule has 23 heavy (non-hydrogen) atoms. The third-order valence-corrected chi connectivity index (χ3v) is 4.03. The van der Waals surface area contributed by atoms with E-state index in [1.54, 1.807) is 12.1 Å². The molecule has 1 aliphatic heterocycles. The van der Waals surface area contributed by atoms with Gasteiger partial charge in [-0.3, -0.25) is 9.59 Å². The summed E-state index contributed by atoms with van der Waals surface area (Å²) < 4.78 is 5.03. The van der Waals surface area contributed by atoms with Crippen LogP contribution in [0, 0.1) is 19.8 Å². The van der Waals surface area contributed by atoms with Gasteiger partial charge in [0.2, 0.25) is 0 Å².